The van der Waals surface area contributed by atoms with Crippen molar-refractivity contribution in [2.75, 3.05) is 39.3 Å². The maximum absolute atomic E-state index is 12.0. The van der Waals surface area contributed by atoms with Crippen LogP contribution < -0.4 is 0 Å². The van der Waals surface area contributed by atoms with E-state index in [1.807, 2.05) is 9.80 Å². The molecule has 4 fully saturated rings. The second kappa shape index (κ2) is 3.68. The van der Waals surface area contributed by atoms with Gasteiger partial charge in [0, 0.05) is 52.1 Å². The van der Waals surface area contributed by atoms with E-state index in [0.29, 0.717) is 25.9 Å². The Morgan fingerprint density at radius 2 is 1.11 bits per heavy atom. The topological polar surface area (TPSA) is 47.1 Å². The highest BCUT2D eigenvalue weighted by Gasteiger charge is 2.52. The third-order valence-electron chi connectivity index (χ3n) is 4.78. The first-order valence-corrected chi connectivity index (χ1v) is 6.83. The Kier molecular flexibility index (Phi) is 2.20. The van der Waals surface area contributed by atoms with Crippen molar-refractivity contribution in [1.82, 2.24) is 19.6 Å². The second-order valence-corrected chi connectivity index (χ2v) is 5.57. The maximum atomic E-state index is 12.0. The van der Waals surface area contributed by atoms with Gasteiger partial charge in [0.1, 0.15) is 12.3 Å². The summed E-state index contributed by atoms with van der Waals surface area (Å²) in [6.45, 7) is 5.16. The highest BCUT2D eigenvalue weighted by atomic mass is 16.2. The summed E-state index contributed by atoms with van der Waals surface area (Å²) in [5.41, 5.74) is 0. The number of hydrogen-bond donors (Lipinski definition) is 0. The lowest BCUT2D eigenvalue weighted by molar-refractivity contribution is -0.196. The van der Waals surface area contributed by atoms with Crippen LogP contribution in [0.3, 0.4) is 0 Å². The maximum Gasteiger partial charge on any atom is 0.225 e. The third kappa shape index (κ3) is 1.30. The molecule has 0 spiro atoms. The SMILES string of the molecule is O=C1CCN2CCN3CCC(=O)N4CCN1[C@@H]2[C@@H]34. The molecule has 2 atom stereocenters. The summed E-state index contributed by atoms with van der Waals surface area (Å²) in [6.07, 6.45) is 1.49. The van der Waals surface area contributed by atoms with Gasteiger partial charge in [-0.05, 0) is 0 Å². The van der Waals surface area contributed by atoms with Crippen molar-refractivity contribution in [3.8, 4) is 0 Å². The van der Waals surface area contributed by atoms with E-state index >= 15 is 0 Å². The average Bonchev–Trinajstić information content (AvgIpc) is 2.40. The van der Waals surface area contributed by atoms with Crippen molar-refractivity contribution < 1.29 is 9.59 Å². The Balaban J connectivity index is 1.73. The molecular formula is C12H18N4O2. The summed E-state index contributed by atoms with van der Waals surface area (Å²) in [7, 11) is 0. The molecule has 2 amide bonds. The first kappa shape index (κ1) is 10.8. The number of rotatable bonds is 0. The van der Waals surface area contributed by atoms with Gasteiger partial charge in [0.15, 0.2) is 0 Å². The Morgan fingerprint density at radius 3 is 1.56 bits per heavy atom. The largest absolute Gasteiger partial charge is 0.322 e. The van der Waals surface area contributed by atoms with Crippen LogP contribution in [0.4, 0.5) is 0 Å². The molecule has 0 aromatic carbocycles. The molecule has 0 bridgehead atoms. The van der Waals surface area contributed by atoms with Crippen LogP contribution in [0.25, 0.3) is 0 Å². The summed E-state index contributed by atoms with van der Waals surface area (Å²) >= 11 is 0. The van der Waals surface area contributed by atoms with Gasteiger partial charge in [-0.3, -0.25) is 19.4 Å². The van der Waals surface area contributed by atoms with Gasteiger partial charge in [0.05, 0.1) is 0 Å². The fraction of sp³-hybridized carbons (Fsp3) is 0.833. The molecule has 6 heteroatoms. The molecule has 98 valence electrons. The molecule has 4 aliphatic heterocycles. The second-order valence-electron chi connectivity index (χ2n) is 5.57. The van der Waals surface area contributed by atoms with Crippen molar-refractivity contribution >= 4 is 11.8 Å². The molecule has 0 aromatic heterocycles. The standard InChI is InChI=1S/C12H18N4O2/c17-9-1-3-13-5-6-14-4-2-10(18)16-8-7-15(9)11(13)12(14)16/h11-12H,1-8H2/t11-,12+. The molecule has 4 saturated heterocycles. The van der Waals surface area contributed by atoms with Gasteiger partial charge >= 0.3 is 0 Å². The van der Waals surface area contributed by atoms with Crippen LogP contribution in [0.2, 0.25) is 0 Å². The van der Waals surface area contributed by atoms with E-state index in [2.05, 4.69) is 9.80 Å². The lowest BCUT2D eigenvalue weighted by atomic mass is 10.0. The van der Waals surface area contributed by atoms with Gasteiger partial charge in [0.2, 0.25) is 11.8 Å². The summed E-state index contributed by atoms with van der Waals surface area (Å²) in [4.78, 5) is 32.8. The van der Waals surface area contributed by atoms with E-state index in [1.165, 1.54) is 0 Å². The molecule has 0 aromatic rings. The van der Waals surface area contributed by atoms with E-state index in [9.17, 15) is 9.59 Å². The predicted molar refractivity (Wildman–Crippen MR) is 63.4 cm³/mol. The molecule has 4 rings (SSSR count). The zero-order valence-corrected chi connectivity index (χ0v) is 10.4. The first-order valence-electron chi connectivity index (χ1n) is 6.83. The Bertz CT molecular complexity index is 375. The van der Waals surface area contributed by atoms with Gasteiger partial charge in [-0.25, -0.2) is 0 Å². The van der Waals surface area contributed by atoms with Gasteiger partial charge < -0.3 is 9.80 Å². The Hall–Kier alpha value is -1.14. The van der Waals surface area contributed by atoms with Crippen LogP contribution in [0.1, 0.15) is 12.8 Å². The highest BCUT2D eigenvalue weighted by molar-refractivity contribution is 5.80. The number of piperazine rings is 2. The Labute approximate surface area is 106 Å². The fourth-order valence-electron chi connectivity index (χ4n) is 3.89. The fourth-order valence-corrected chi connectivity index (χ4v) is 3.89. The monoisotopic (exact) mass is 250 g/mol. The quantitative estimate of drug-likeness (QED) is 0.538. The molecule has 0 unspecified atom stereocenters. The number of carbonyl (C=O) groups excluding carboxylic acids is 2. The van der Waals surface area contributed by atoms with Crippen LogP contribution in [0, 0.1) is 0 Å². The number of nitrogens with zero attached hydrogens (tertiary/aromatic N) is 4. The Morgan fingerprint density at radius 1 is 0.667 bits per heavy atom. The van der Waals surface area contributed by atoms with Gasteiger partial charge in [-0.2, -0.15) is 0 Å². The molecule has 4 heterocycles. The summed E-state index contributed by atoms with van der Waals surface area (Å²) < 4.78 is 0. The normalized spacial score (nSPS) is 36.9. The molecule has 6 nitrogen and oxygen atoms in total. The van der Waals surface area contributed by atoms with Gasteiger partial charge in [-0.1, -0.05) is 0 Å². The molecule has 0 radical (unpaired) electrons. The van der Waals surface area contributed by atoms with Crippen molar-refractivity contribution in [2.45, 2.75) is 25.2 Å². The lowest BCUT2D eigenvalue weighted by Crippen LogP contribution is -2.78. The third-order valence-corrected chi connectivity index (χ3v) is 4.78. The zero-order valence-electron chi connectivity index (χ0n) is 10.4. The van der Waals surface area contributed by atoms with E-state index in [-0.39, 0.29) is 24.1 Å². The zero-order chi connectivity index (χ0) is 12.3. The molecule has 0 saturated carbocycles. The molecule has 0 aliphatic carbocycles. The van der Waals surface area contributed by atoms with Crippen LogP contribution in [0.15, 0.2) is 0 Å². The number of amides is 2. The molecule has 18 heavy (non-hydrogen) atoms. The van der Waals surface area contributed by atoms with Crippen molar-refractivity contribution in [3.05, 3.63) is 0 Å². The van der Waals surface area contributed by atoms with Gasteiger partial charge in [0.25, 0.3) is 0 Å². The van der Waals surface area contributed by atoms with Crippen LogP contribution in [0.5, 0.6) is 0 Å². The minimum atomic E-state index is 0.109. The van der Waals surface area contributed by atoms with Crippen molar-refractivity contribution in [3.63, 3.8) is 0 Å². The minimum absolute atomic E-state index is 0.109. The molecule has 4 aliphatic rings. The predicted octanol–water partition coefficient (Wildman–Crippen LogP) is -1.27. The van der Waals surface area contributed by atoms with E-state index in [0.717, 1.165) is 26.2 Å². The summed E-state index contributed by atoms with van der Waals surface area (Å²) in [5.74, 6) is 0.520. The summed E-state index contributed by atoms with van der Waals surface area (Å²) in [5, 5.41) is 0. The van der Waals surface area contributed by atoms with Crippen LogP contribution in [-0.2, 0) is 9.59 Å². The van der Waals surface area contributed by atoms with Crippen molar-refractivity contribution in [1.29, 1.82) is 0 Å². The molecule has 0 N–H and O–H groups in total. The van der Waals surface area contributed by atoms with Crippen LogP contribution >= 0.6 is 0 Å². The number of carbonyl (C=O) groups is 2. The van der Waals surface area contributed by atoms with E-state index in [4.69, 9.17) is 0 Å². The minimum Gasteiger partial charge on any atom is -0.322 e. The van der Waals surface area contributed by atoms with E-state index < -0.39 is 0 Å². The first-order chi connectivity index (χ1) is 8.75. The smallest absolute Gasteiger partial charge is 0.225 e. The average molecular weight is 250 g/mol. The summed E-state index contributed by atoms with van der Waals surface area (Å²) in [6, 6.07) is 0. The van der Waals surface area contributed by atoms with Crippen molar-refractivity contribution in [2.24, 2.45) is 0 Å². The number of hydrogen-bond acceptors (Lipinski definition) is 4. The highest BCUT2D eigenvalue weighted by Crippen LogP contribution is 2.32. The van der Waals surface area contributed by atoms with Gasteiger partial charge in [-0.15, -0.1) is 0 Å². The van der Waals surface area contributed by atoms with E-state index in [1.54, 1.807) is 0 Å². The molecular weight excluding hydrogens is 232 g/mol. The lowest BCUT2D eigenvalue weighted by Gasteiger charge is -2.61. The van der Waals surface area contributed by atoms with Crippen LogP contribution in [-0.4, -0.2) is 83.0 Å².